The number of carboxylic acid groups (broad SMARTS) is 1. The predicted octanol–water partition coefficient (Wildman–Crippen LogP) is -3.51. The zero-order valence-electron chi connectivity index (χ0n) is 6.15. The third kappa shape index (κ3) is 0.995. The average Bonchev–Trinajstić information content (AvgIpc) is 2.08. The van der Waals surface area contributed by atoms with Crippen LogP contribution in [0.5, 0.6) is 0 Å². The van der Waals surface area contributed by atoms with Gasteiger partial charge >= 0.3 is 5.97 Å². The Hall–Kier alpha value is -0.280. The number of rotatable bonds is 1. The molecule has 60 valence electrons. The maximum Gasteiger partial charge on any atom is 0.366 e. The van der Waals surface area contributed by atoms with E-state index in [2.05, 4.69) is 5.73 Å². The predicted molar refractivity (Wildman–Crippen MR) is 31.7 cm³/mol. The minimum absolute atomic E-state index is 0. The van der Waals surface area contributed by atoms with Crippen molar-refractivity contribution in [2.75, 3.05) is 0 Å². The van der Waals surface area contributed by atoms with Crippen LogP contribution in [0.4, 0.5) is 0 Å². The van der Waals surface area contributed by atoms with Crippen LogP contribution in [0, 0.1) is 5.41 Å². The Morgan fingerprint density at radius 3 is 1.90 bits per heavy atom. The lowest BCUT2D eigenvalue weighted by atomic mass is 10.1. The molecule has 1 aliphatic rings. The van der Waals surface area contributed by atoms with Gasteiger partial charge in [-0.05, 0) is 0 Å². The first-order valence-electron chi connectivity index (χ1n) is 2.99. The molecule has 1 saturated carbocycles. The number of carboxylic acids is 1. The highest BCUT2D eigenvalue weighted by atomic mass is 35.5. The van der Waals surface area contributed by atoms with E-state index in [1.807, 2.05) is 13.8 Å². The van der Waals surface area contributed by atoms with Crippen molar-refractivity contribution in [2.45, 2.75) is 25.8 Å². The fourth-order valence-corrected chi connectivity index (χ4v) is 1.08. The summed E-state index contributed by atoms with van der Waals surface area (Å²) in [5.41, 5.74) is 2.86. The van der Waals surface area contributed by atoms with Crippen molar-refractivity contribution in [1.29, 1.82) is 0 Å². The number of hydrogen-bond acceptors (Lipinski definition) is 1. The molecule has 1 aliphatic carbocycles. The van der Waals surface area contributed by atoms with Gasteiger partial charge in [-0.2, -0.15) is 0 Å². The van der Waals surface area contributed by atoms with Gasteiger partial charge in [0.2, 0.25) is 0 Å². The van der Waals surface area contributed by atoms with Gasteiger partial charge in [-0.3, -0.25) is 0 Å². The van der Waals surface area contributed by atoms with Crippen molar-refractivity contribution in [1.82, 2.24) is 0 Å². The monoisotopic (exact) mass is 165 g/mol. The highest BCUT2D eigenvalue weighted by Crippen LogP contribution is 2.51. The van der Waals surface area contributed by atoms with Gasteiger partial charge in [0.15, 0.2) is 5.54 Å². The molecule has 3 nitrogen and oxygen atoms in total. The number of quaternary nitrogens is 1. The summed E-state index contributed by atoms with van der Waals surface area (Å²) in [7, 11) is 0. The van der Waals surface area contributed by atoms with Gasteiger partial charge in [0.05, 0.1) is 0 Å². The minimum Gasteiger partial charge on any atom is -1.00 e. The quantitative estimate of drug-likeness (QED) is 0.423. The van der Waals surface area contributed by atoms with Crippen LogP contribution in [0.1, 0.15) is 20.3 Å². The first-order valence-corrected chi connectivity index (χ1v) is 2.99. The molecule has 0 amide bonds. The third-order valence-electron chi connectivity index (χ3n) is 2.32. The molecule has 1 fully saturated rings. The van der Waals surface area contributed by atoms with Gasteiger partial charge in [0, 0.05) is 11.8 Å². The van der Waals surface area contributed by atoms with Crippen molar-refractivity contribution in [3.8, 4) is 0 Å². The standard InChI is InChI=1S/C6H11NO2.ClH/c1-5(2)3-6(5,7)4(8)9;/h3,7H2,1-2H3,(H,8,9);1H/t6-;/m0./s1. The molecule has 0 bridgehead atoms. The summed E-state index contributed by atoms with van der Waals surface area (Å²) in [5.74, 6) is -0.771. The molecule has 0 aliphatic heterocycles. The second-order valence-electron chi connectivity index (χ2n) is 3.45. The van der Waals surface area contributed by atoms with Crippen molar-refractivity contribution in [3.05, 3.63) is 0 Å². The Morgan fingerprint density at radius 1 is 1.60 bits per heavy atom. The van der Waals surface area contributed by atoms with Gasteiger partial charge in [-0.25, -0.2) is 4.79 Å². The second-order valence-corrected chi connectivity index (χ2v) is 3.45. The van der Waals surface area contributed by atoms with E-state index < -0.39 is 11.5 Å². The third-order valence-corrected chi connectivity index (χ3v) is 2.32. The normalized spacial score (nSPS) is 34.3. The van der Waals surface area contributed by atoms with E-state index >= 15 is 0 Å². The van der Waals surface area contributed by atoms with E-state index in [0.717, 1.165) is 0 Å². The van der Waals surface area contributed by atoms with Crippen LogP contribution < -0.4 is 18.1 Å². The highest BCUT2D eigenvalue weighted by Gasteiger charge is 2.69. The maximum absolute atomic E-state index is 10.4. The summed E-state index contributed by atoms with van der Waals surface area (Å²) >= 11 is 0. The lowest BCUT2D eigenvalue weighted by molar-refractivity contribution is -0.434. The zero-order valence-corrected chi connectivity index (χ0v) is 6.90. The van der Waals surface area contributed by atoms with Crippen LogP contribution in [0.25, 0.3) is 0 Å². The number of carbonyl (C=O) groups is 1. The van der Waals surface area contributed by atoms with E-state index in [1.54, 1.807) is 0 Å². The van der Waals surface area contributed by atoms with Crippen LogP contribution in [0.15, 0.2) is 0 Å². The Morgan fingerprint density at radius 2 is 1.90 bits per heavy atom. The lowest BCUT2D eigenvalue weighted by Gasteiger charge is -2.03. The Kier molecular flexibility index (Phi) is 2.04. The molecular formula is C6H12ClNO2. The van der Waals surface area contributed by atoms with E-state index in [4.69, 9.17) is 5.11 Å². The van der Waals surface area contributed by atoms with Gasteiger partial charge in [0.1, 0.15) is 0 Å². The van der Waals surface area contributed by atoms with Crippen LogP contribution in [-0.4, -0.2) is 16.6 Å². The van der Waals surface area contributed by atoms with E-state index in [1.165, 1.54) is 0 Å². The van der Waals surface area contributed by atoms with Crippen molar-refractivity contribution >= 4 is 5.97 Å². The molecule has 0 aromatic heterocycles. The first kappa shape index (κ1) is 9.72. The zero-order chi connectivity index (χ0) is 7.28. The molecule has 10 heavy (non-hydrogen) atoms. The molecule has 4 heteroatoms. The Bertz CT molecular complexity index is 169. The summed E-state index contributed by atoms with van der Waals surface area (Å²) in [4.78, 5) is 10.4. The highest BCUT2D eigenvalue weighted by molar-refractivity contribution is 5.82. The van der Waals surface area contributed by atoms with Gasteiger partial charge in [-0.15, -0.1) is 0 Å². The first-order chi connectivity index (χ1) is 3.90. The molecule has 0 spiro atoms. The molecule has 4 N–H and O–H groups in total. The average molecular weight is 166 g/mol. The van der Waals surface area contributed by atoms with Crippen LogP contribution in [0.2, 0.25) is 0 Å². The molecular weight excluding hydrogens is 154 g/mol. The van der Waals surface area contributed by atoms with Gasteiger partial charge < -0.3 is 23.2 Å². The fraction of sp³-hybridized carbons (Fsp3) is 0.833. The Balaban J connectivity index is 0.000000810. The summed E-state index contributed by atoms with van der Waals surface area (Å²) in [6.45, 7) is 3.85. The van der Waals surface area contributed by atoms with E-state index in [9.17, 15) is 4.79 Å². The molecule has 0 heterocycles. The summed E-state index contributed by atoms with van der Waals surface area (Å²) in [6.07, 6.45) is 0.704. The largest absolute Gasteiger partial charge is 1.00 e. The topological polar surface area (TPSA) is 64.9 Å². The molecule has 0 saturated heterocycles. The molecule has 0 aromatic carbocycles. The molecule has 1 atom stereocenters. The molecule has 0 aromatic rings. The molecule has 0 unspecified atom stereocenters. The summed E-state index contributed by atoms with van der Waals surface area (Å²) < 4.78 is 0. The smallest absolute Gasteiger partial charge is 0.366 e. The fourth-order valence-electron chi connectivity index (χ4n) is 1.08. The minimum atomic E-state index is -0.771. The number of hydrogen-bond donors (Lipinski definition) is 2. The lowest BCUT2D eigenvalue weighted by Crippen LogP contribution is -3.00. The van der Waals surface area contributed by atoms with Crippen LogP contribution >= 0.6 is 0 Å². The SMILES string of the molecule is CC1(C)C[C@]1([NH3+])C(=O)O.[Cl-]. The van der Waals surface area contributed by atoms with Crippen molar-refractivity contribution < 1.29 is 28.0 Å². The maximum atomic E-state index is 10.4. The van der Waals surface area contributed by atoms with Gasteiger partial charge in [0.25, 0.3) is 0 Å². The van der Waals surface area contributed by atoms with E-state index in [0.29, 0.717) is 6.42 Å². The van der Waals surface area contributed by atoms with E-state index in [-0.39, 0.29) is 17.8 Å². The second kappa shape index (κ2) is 2.10. The molecule has 1 rings (SSSR count). The summed E-state index contributed by atoms with van der Waals surface area (Å²) in [6, 6.07) is 0. The van der Waals surface area contributed by atoms with Crippen LogP contribution in [0.3, 0.4) is 0 Å². The van der Waals surface area contributed by atoms with Gasteiger partial charge in [-0.1, -0.05) is 13.8 Å². The van der Waals surface area contributed by atoms with Crippen molar-refractivity contribution in [2.24, 2.45) is 5.41 Å². The number of aliphatic carboxylic acids is 1. The molecule has 0 radical (unpaired) electrons. The summed E-state index contributed by atoms with van der Waals surface area (Å²) in [5, 5.41) is 8.59. The number of halogens is 1. The van der Waals surface area contributed by atoms with Crippen LogP contribution in [-0.2, 0) is 4.79 Å². The Labute approximate surface area is 66.0 Å². The van der Waals surface area contributed by atoms with Crippen molar-refractivity contribution in [3.63, 3.8) is 0 Å².